The first-order valence-electron chi connectivity index (χ1n) is 8.96. The number of nitrogens with one attached hydrogen (secondary N) is 1. The summed E-state index contributed by atoms with van der Waals surface area (Å²) in [7, 11) is 0. The van der Waals surface area contributed by atoms with Crippen molar-refractivity contribution in [1.29, 1.82) is 0 Å². The standard InChI is InChI=1S/C23H19ClN2OS/c1-13-9-14(2)11-16(10-13)25-23(27)18-12-20(21-5-4-8-28-21)26-22-15(3)19(24)7-6-17(18)22/h4-12H,1-3H3,(H,25,27). The van der Waals surface area contributed by atoms with Gasteiger partial charge in [0.15, 0.2) is 0 Å². The fourth-order valence-corrected chi connectivity index (χ4v) is 4.23. The van der Waals surface area contributed by atoms with Crippen molar-refractivity contribution in [2.24, 2.45) is 0 Å². The number of benzene rings is 2. The molecule has 0 aliphatic carbocycles. The number of fused-ring (bicyclic) bond motifs is 1. The average molecular weight is 407 g/mol. The summed E-state index contributed by atoms with van der Waals surface area (Å²) in [5.74, 6) is -0.156. The van der Waals surface area contributed by atoms with Gasteiger partial charge in [0.05, 0.1) is 21.7 Å². The zero-order valence-corrected chi connectivity index (χ0v) is 17.4. The zero-order chi connectivity index (χ0) is 19.8. The summed E-state index contributed by atoms with van der Waals surface area (Å²) in [6.45, 7) is 5.97. The van der Waals surface area contributed by atoms with Crippen LogP contribution in [0.2, 0.25) is 5.02 Å². The number of anilines is 1. The number of hydrogen-bond acceptors (Lipinski definition) is 3. The van der Waals surface area contributed by atoms with Crippen molar-refractivity contribution in [2.45, 2.75) is 20.8 Å². The van der Waals surface area contributed by atoms with Crippen molar-refractivity contribution in [3.05, 3.63) is 81.2 Å². The van der Waals surface area contributed by atoms with E-state index >= 15 is 0 Å². The molecule has 0 saturated carbocycles. The molecule has 0 fully saturated rings. The topological polar surface area (TPSA) is 42.0 Å². The molecule has 0 spiro atoms. The second-order valence-corrected chi connectivity index (χ2v) is 8.29. The molecule has 2 aromatic carbocycles. The first-order chi connectivity index (χ1) is 13.4. The number of thiophene rings is 1. The minimum absolute atomic E-state index is 0.156. The molecule has 0 atom stereocenters. The molecule has 0 aliphatic heterocycles. The van der Waals surface area contributed by atoms with E-state index < -0.39 is 0 Å². The van der Waals surface area contributed by atoms with Crippen LogP contribution in [0.5, 0.6) is 0 Å². The number of pyridine rings is 1. The Morgan fingerprint density at radius 2 is 1.79 bits per heavy atom. The Morgan fingerprint density at radius 3 is 2.46 bits per heavy atom. The lowest BCUT2D eigenvalue weighted by atomic mass is 10.0. The Balaban J connectivity index is 1.87. The van der Waals surface area contributed by atoms with E-state index in [0.29, 0.717) is 10.6 Å². The number of amides is 1. The lowest BCUT2D eigenvalue weighted by Crippen LogP contribution is -2.13. The van der Waals surface area contributed by atoms with Gasteiger partial charge in [0.2, 0.25) is 0 Å². The van der Waals surface area contributed by atoms with E-state index in [0.717, 1.165) is 43.9 Å². The molecular weight excluding hydrogens is 388 g/mol. The Bertz CT molecular complexity index is 1180. The Labute approximate surface area is 173 Å². The molecule has 4 rings (SSSR count). The number of halogens is 1. The molecule has 0 saturated heterocycles. The number of aryl methyl sites for hydroxylation is 3. The van der Waals surface area contributed by atoms with Gasteiger partial charge in [-0.15, -0.1) is 11.3 Å². The van der Waals surface area contributed by atoms with E-state index in [1.807, 2.05) is 68.6 Å². The molecular formula is C23H19ClN2OS. The van der Waals surface area contributed by atoms with E-state index in [4.69, 9.17) is 16.6 Å². The number of carbonyl (C=O) groups excluding carboxylic acids is 1. The van der Waals surface area contributed by atoms with Crippen LogP contribution >= 0.6 is 22.9 Å². The van der Waals surface area contributed by atoms with Crippen LogP contribution in [-0.4, -0.2) is 10.9 Å². The second-order valence-electron chi connectivity index (χ2n) is 6.93. The van der Waals surface area contributed by atoms with Crippen LogP contribution in [0.1, 0.15) is 27.0 Å². The molecule has 1 amide bonds. The fraction of sp³-hybridized carbons (Fsp3) is 0.130. The molecule has 0 bridgehead atoms. The smallest absolute Gasteiger partial charge is 0.256 e. The number of rotatable bonds is 3. The van der Waals surface area contributed by atoms with Crippen LogP contribution in [0.3, 0.4) is 0 Å². The van der Waals surface area contributed by atoms with E-state index in [1.165, 1.54) is 0 Å². The largest absolute Gasteiger partial charge is 0.322 e. The highest BCUT2D eigenvalue weighted by Gasteiger charge is 2.17. The lowest BCUT2D eigenvalue weighted by Gasteiger charge is -2.13. The Kier molecular flexibility index (Phi) is 4.92. The second kappa shape index (κ2) is 7.38. The van der Waals surface area contributed by atoms with E-state index in [9.17, 15) is 4.79 Å². The quantitative estimate of drug-likeness (QED) is 0.406. The molecule has 1 N–H and O–H groups in total. The highest BCUT2D eigenvalue weighted by molar-refractivity contribution is 7.13. The SMILES string of the molecule is Cc1cc(C)cc(NC(=O)c2cc(-c3cccs3)nc3c(C)c(Cl)ccc23)c1. The molecule has 2 heterocycles. The third-order valence-corrected chi connectivity index (χ3v) is 5.97. The van der Waals surface area contributed by atoms with Gasteiger partial charge in [0, 0.05) is 16.1 Å². The minimum Gasteiger partial charge on any atom is -0.322 e. The van der Waals surface area contributed by atoms with Gasteiger partial charge < -0.3 is 5.32 Å². The Morgan fingerprint density at radius 1 is 1.04 bits per heavy atom. The van der Waals surface area contributed by atoms with Gasteiger partial charge in [-0.3, -0.25) is 4.79 Å². The number of carbonyl (C=O) groups is 1. The summed E-state index contributed by atoms with van der Waals surface area (Å²) in [6, 6.07) is 15.5. The van der Waals surface area contributed by atoms with Crippen molar-refractivity contribution in [1.82, 2.24) is 4.98 Å². The van der Waals surface area contributed by atoms with Crippen LogP contribution in [0.4, 0.5) is 5.69 Å². The first kappa shape index (κ1) is 18.7. The zero-order valence-electron chi connectivity index (χ0n) is 15.8. The van der Waals surface area contributed by atoms with Gasteiger partial charge >= 0.3 is 0 Å². The summed E-state index contributed by atoms with van der Waals surface area (Å²) < 4.78 is 0. The highest BCUT2D eigenvalue weighted by atomic mass is 35.5. The third kappa shape index (κ3) is 3.53. The van der Waals surface area contributed by atoms with Crippen molar-refractivity contribution in [3.63, 3.8) is 0 Å². The summed E-state index contributed by atoms with van der Waals surface area (Å²) in [4.78, 5) is 19.0. The molecule has 140 valence electrons. The predicted octanol–water partition coefficient (Wildman–Crippen LogP) is 6.79. The van der Waals surface area contributed by atoms with Crippen LogP contribution < -0.4 is 5.32 Å². The van der Waals surface area contributed by atoms with Crippen LogP contribution in [0.15, 0.2) is 53.9 Å². The number of hydrogen-bond donors (Lipinski definition) is 1. The van der Waals surface area contributed by atoms with Gasteiger partial charge in [-0.2, -0.15) is 0 Å². The summed E-state index contributed by atoms with van der Waals surface area (Å²) in [6.07, 6.45) is 0. The normalized spacial score (nSPS) is 11.0. The van der Waals surface area contributed by atoms with Crippen LogP contribution in [0.25, 0.3) is 21.5 Å². The molecule has 2 aromatic heterocycles. The van der Waals surface area contributed by atoms with Gasteiger partial charge in [0.1, 0.15) is 0 Å². The van der Waals surface area contributed by atoms with E-state index in [-0.39, 0.29) is 5.91 Å². The summed E-state index contributed by atoms with van der Waals surface area (Å²) in [5, 5.41) is 6.48. The average Bonchev–Trinajstić information content (AvgIpc) is 3.18. The summed E-state index contributed by atoms with van der Waals surface area (Å²) in [5.41, 5.74) is 6.00. The molecule has 0 unspecified atom stereocenters. The van der Waals surface area contributed by atoms with Gasteiger partial charge in [-0.1, -0.05) is 29.8 Å². The lowest BCUT2D eigenvalue weighted by molar-refractivity contribution is 0.102. The maximum atomic E-state index is 13.2. The molecule has 28 heavy (non-hydrogen) atoms. The monoisotopic (exact) mass is 406 g/mol. The summed E-state index contributed by atoms with van der Waals surface area (Å²) >= 11 is 7.92. The molecule has 5 heteroatoms. The highest BCUT2D eigenvalue weighted by Crippen LogP contribution is 2.32. The number of aromatic nitrogens is 1. The van der Waals surface area contributed by atoms with E-state index in [1.54, 1.807) is 11.3 Å². The van der Waals surface area contributed by atoms with E-state index in [2.05, 4.69) is 11.4 Å². The molecule has 0 aliphatic rings. The van der Waals surface area contributed by atoms with Crippen molar-refractivity contribution < 1.29 is 4.79 Å². The minimum atomic E-state index is -0.156. The molecule has 0 radical (unpaired) electrons. The fourth-order valence-electron chi connectivity index (χ4n) is 3.39. The number of nitrogens with zero attached hydrogens (tertiary/aromatic N) is 1. The maximum absolute atomic E-state index is 13.2. The maximum Gasteiger partial charge on any atom is 0.256 e. The molecule has 4 aromatic rings. The van der Waals surface area contributed by atoms with Crippen molar-refractivity contribution >= 4 is 45.4 Å². The van der Waals surface area contributed by atoms with Gasteiger partial charge in [-0.25, -0.2) is 4.98 Å². The van der Waals surface area contributed by atoms with Gasteiger partial charge in [0.25, 0.3) is 5.91 Å². The predicted molar refractivity (Wildman–Crippen MR) is 119 cm³/mol. The van der Waals surface area contributed by atoms with Crippen molar-refractivity contribution in [3.8, 4) is 10.6 Å². The third-order valence-electron chi connectivity index (χ3n) is 4.67. The van der Waals surface area contributed by atoms with Crippen molar-refractivity contribution in [2.75, 3.05) is 5.32 Å². The van der Waals surface area contributed by atoms with Crippen LogP contribution in [-0.2, 0) is 0 Å². The van der Waals surface area contributed by atoms with Crippen LogP contribution in [0, 0.1) is 20.8 Å². The van der Waals surface area contributed by atoms with Gasteiger partial charge in [-0.05, 0) is 73.2 Å². The molecule has 3 nitrogen and oxygen atoms in total. The first-order valence-corrected chi connectivity index (χ1v) is 10.2. The Hall–Kier alpha value is -2.69.